The van der Waals surface area contributed by atoms with Crippen molar-refractivity contribution in [3.63, 3.8) is 0 Å². The summed E-state index contributed by atoms with van der Waals surface area (Å²) in [4.78, 5) is 0. The molecular weight excluding hydrogens is 365 g/mol. The number of rotatable bonds is 3. The zero-order valence-electron chi connectivity index (χ0n) is 16.9. The Hall–Kier alpha value is -0.710. The van der Waals surface area contributed by atoms with Crippen molar-refractivity contribution < 1.29 is 22.6 Å². The molecule has 0 bridgehead atoms. The van der Waals surface area contributed by atoms with Crippen LogP contribution in [0.4, 0.5) is 13.2 Å². The maximum Gasteiger partial charge on any atom is 0.389 e. The smallest absolute Gasteiger partial charge is 0.389 e. The van der Waals surface area contributed by atoms with Gasteiger partial charge in [-0.1, -0.05) is 25.7 Å². The van der Waals surface area contributed by atoms with Gasteiger partial charge in [-0.3, -0.25) is 0 Å². The lowest BCUT2D eigenvalue weighted by Crippen LogP contribution is -2.36. The molecule has 0 amide bonds. The summed E-state index contributed by atoms with van der Waals surface area (Å²) < 4.78 is 51.5. The maximum absolute atomic E-state index is 12.9. The van der Waals surface area contributed by atoms with Crippen molar-refractivity contribution in [2.75, 3.05) is 13.2 Å². The predicted octanol–water partition coefficient (Wildman–Crippen LogP) is 6.80. The minimum Gasteiger partial charge on any atom is -0.494 e. The molecule has 3 fully saturated rings. The van der Waals surface area contributed by atoms with Crippen molar-refractivity contribution in [2.24, 2.45) is 23.7 Å². The van der Waals surface area contributed by atoms with E-state index in [1.165, 1.54) is 43.4 Å². The number of hydrogen-bond acceptors (Lipinski definition) is 2. The van der Waals surface area contributed by atoms with Gasteiger partial charge in [-0.25, -0.2) is 0 Å². The molecule has 0 spiro atoms. The lowest BCUT2D eigenvalue weighted by atomic mass is 9.76. The van der Waals surface area contributed by atoms with E-state index in [-0.39, 0.29) is 17.9 Å². The summed E-state index contributed by atoms with van der Waals surface area (Å²) in [6.45, 7) is 1.42. The molecule has 3 aliphatic carbocycles. The molecule has 1 aliphatic heterocycles. The quantitative estimate of drug-likeness (QED) is 0.519. The summed E-state index contributed by atoms with van der Waals surface area (Å²) >= 11 is 0. The van der Waals surface area contributed by atoms with E-state index in [4.69, 9.17) is 9.47 Å². The molecule has 4 aliphatic rings. The first-order chi connectivity index (χ1) is 13.5. The summed E-state index contributed by atoms with van der Waals surface area (Å²) in [7, 11) is 0. The Morgan fingerprint density at radius 2 is 1.64 bits per heavy atom. The van der Waals surface area contributed by atoms with Crippen molar-refractivity contribution in [3.05, 3.63) is 11.3 Å². The van der Waals surface area contributed by atoms with E-state index in [0.717, 1.165) is 38.7 Å². The van der Waals surface area contributed by atoms with Gasteiger partial charge in [0.25, 0.3) is 0 Å². The van der Waals surface area contributed by atoms with Crippen LogP contribution in [0.15, 0.2) is 11.3 Å². The largest absolute Gasteiger partial charge is 0.494 e. The van der Waals surface area contributed by atoms with E-state index in [1.54, 1.807) is 0 Å². The number of fused-ring (bicyclic) bond motifs is 1. The highest BCUT2D eigenvalue weighted by Crippen LogP contribution is 2.45. The fourth-order valence-corrected chi connectivity index (χ4v) is 6.23. The highest BCUT2D eigenvalue weighted by molar-refractivity contribution is 5.19. The van der Waals surface area contributed by atoms with Crippen LogP contribution in [0.5, 0.6) is 0 Å². The van der Waals surface area contributed by atoms with Crippen LogP contribution in [0.3, 0.4) is 0 Å². The number of alkyl halides is 3. The Kier molecular flexibility index (Phi) is 6.59. The molecule has 2 nitrogen and oxygen atoms in total. The molecule has 160 valence electrons. The fourth-order valence-electron chi connectivity index (χ4n) is 6.23. The monoisotopic (exact) mass is 400 g/mol. The standard InChI is InChI=1S/C23H35F3O2/c24-23(25,26)14-16-5-3-8-18(13-16)21-11-12-27-15-19-9-4-10-20(22(19)28-21)17-6-1-2-7-17/h16-19,21H,1-15H2. The summed E-state index contributed by atoms with van der Waals surface area (Å²) in [6.07, 6.45) is 8.07. The molecule has 0 aromatic carbocycles. The van der Waals surface area contributed by atoms with Crippen molar-refractivity contribution in [3.8, 4) is 0 Å². The van der Waals surface area contributed by atoms with Gasteiger partial charge in [-0.2, -0.15) is 13.2 Å². The molecular formula is C23H35F3O2. The molecule has 0 radical (unpaired) electrons. The molecule has 28 heavy (non-hydrogen) atoms. The zero-order chi connectivity index (χ0) is 19.6. The minimum absolute atomic E-state index is 0.0309. The Bertz CT molecular complexity index is 551. The van der Waals surface area contributed by atoms with Crippen molar-refractivity contribution >= 4 is 0 Å². The average Bonchev–Trinajstić information content (AvgIpc) is 3.15. The SMILES string of the molecule is FC(F)(F)CC1CCCC(C2CCOCC3CCCC(C4CCCC4)=C3O2)C1. The third-order valence-corrected chi connectivity index (χ3v) is 7.55. The number of halogens is 3. The van der Waals surface area contributed by atoms with Crippen LogP contribution in [0, 0.1) is 23.7 Å². The molecule has 4 unspecified atom stereocenters. The van der Waals surface area contributed by atoms with Gasteiger partial charge in [-0.15, -0.1) is 0 Å². The first-order valence-corrected chi connectivity index (χ1v) is 11.5. The van der Waals surface area contributed by atoms with Gasteiger partial charge in [-0.05, 0) is 68.3 Å². The Morgan fingerprint density at radius 1 is 0.857 bits per heavy atom. The third kappa shape index (κ3) is 5.06. The molecule has 0 N–H and O–H groups in total. The topological polar surface area (TPSA) is 18.5 Å². The van der Waals surface area contributed by atoms with E-state index in [2.05, 4.69) is 0 Å². The third-order valence-electron chi connectivity index (χ3n) is 7.55. The van der Waals surface area contributed by atoms with Crippen LogP contribution in [-0.2, 0) is 9.47 Å². The molecule has 0 aromatic heterocycles. The van der Waals surface area contributed by atoms with Crippen LogP contribution < -0.4 is 0 Å². The number of allylic oxidation sites excluding steroid dienone is 1. The molecule has 2 saturated carbocycles. The van der Waals surface area contributed by atoms with E-state index in [9.17, 15) is 13.2 Å². The molecule has 4 rings (SSSR count). The van der Waals surface area contributed by atoms with Gasteiger partial charge in [0, 0.05) is 18.8 Å². The number of ether oxygens (including phenoxy) is 2. The van der Waals surface area contributed by atoms with Gasteiger partial charge in [0.2, 0.25) is 0 Å². The van der Waals surface area contributed by atoms with Crippen LogP contribution in [0.25, 0.3) is 0 Å². The van der Waals surface area contributed by atoms with Crippen LogP contribution >= 0.6 is 0 Å². The average molecular weight is 401 g/mol. The van der Waals surface area contributed by atoms with Gasteiger partial charge in [0.1, 0.15) is 11.9 Å². The van der Waals surface area contributed by atoms with Crippen molar-refractivity contribution in [2.45, 2.75) is 95.8 Å². The highest BCUT2D eigenvalue weighted by atomic mass is 19.4. The Balaban J connectivity index is 1.50. The summed E-state index contributed by atoms with van der Waals surface area (Å²) in [6, 6.07) is 0. The first-order valence-electron chi connectivity index (χ1n) is 11.5. The van der Waals surface area contributed by atoms with E-state index in [0.29, 0.717) is 31.3 Å². The fraction of sp³-hybridized carbons (Fsp3) is 0.913. The zero-order valence-corrected chi connectivity index (χ0v) is 16.9. The first kappa shape index (κ1) is 20.6. The highest BCUT2D eigenvalue weighted by Gasteiger charge is 2.39. The van der Waals surface area contributed by atoms with Crippen LogP contribution in [0.1, 0.15) is 83.5 Å². The van der Waals surface area contributed by atoms with E-state index in [1.807, 2.05) is 0 Å². The van der Waals surface area contributed by atoms with Gasteiger partial charge >= 0.3 is 6.18 Å². The summed E-state index contributed by atoms with van der Waals surface area (Å²) in [5.74, 6) is 2.23. The molecule has 0 aromatic rings. The van der Waals surface area contributed by atoms with Crippen molar-refractivity contribution in [1.82, 2.24) is 0 Å². The second-order valence-corrected chi connectivity index (χ2v) is 9.59. The van der Waals surface area contributed by atoms with Gasteiger partial charge < -0.3 is 9.47 Å². The Labute approximate surface area is 167 Å². The second-order valence-electron chi connectivity index (χ2n) is 9.59. The van der Waals surface area contributed by atoms with Gasteiger partial charge in [0.15, 0.2) is 0 Å². The summed E-state index contributed by atoms with van der Waals surface area (Å²) in [5, 5.41) is 0. The predicted molar refractivity (Wildman–Crippen MR) is 103 cm³/mol. The molecule has 4 atom stereocenters. The normalized spacial score (nSPS) is 35.8. The summed E-state index contributed by atoms with van der Waals surface area (Å²) in [5.41, 5.74) is 1.53. The Morgan fingerprint density at radius 3 is 2.43 bits per heavy atom. The molecule has 1 heterocycles. The lowest BCUT2D eigenvalue weighted by Gasteiger charge is -2.40. The number of hydrogen-bond donors (Lipinski definition) is 0. The van der Waals surface area contributed by atoms with E-state index >= 15 is 0 Å². The second kappa shape index (κ2) is 8.97. The van der Waals surface area contributed by atoms with Crippen LogP contribution in [-0.4, -0.2) is 25.5 Å². The lowest BCUT2D eigenvalue weighted by molar-refractivity contribution is -0.149. The van der Waals surface area contributed by atoms with Crippen LogP contribution in [0.2, 0.25) is 0 Å². The minimum atomic E-state index is -4.05. The van der Waals surface area contributed by atoms with Crippen molar-refractivity contribution in [1.29, 1.82) is 0 Å². The van der Waals surface area contributed by atoms with E-state index < -0.39 is 12.6 Å². The molecule has 1 saturated heterocycles. The maximum atomic E-state index is 12.9. The van der Waals surface area contributed by atoms with Gasteiger partial charge in [0.05, 0.1) is 13.2 Å². The molecule has 5 heteroatoms.